The van der Waals surface area contributed by atoms with Gasteiger partial charge in [-0.3, -0.25) is 0 Å². The molecular formula is C9H11BrFNO. The normalized spacial score (nSPS) is 15.5. The Morgan fingerprint density at radius 3 is 2.62 bits per heavy atom. The van der Waals surface area contributed by atoms with Crippen LogP contribution in [0.5, 0.6) is 0 Å². The van der Waals surface area contributed by atoms with Gasteiger partial charge in [0, 0.05) is 0 Å². The second-order valence-corrected chi connectivity index (χ2v) is 3.79. The maximum Gasteiger partial charge on any atom is 0.137 e. The lowest BCUT2D eigenvalue weighted by Gasteiger charge is -2.15. The summed E-state index contributed by atoms with van der Waals surface area (Å²) in [7, 11) is 0. The molecule has 1 aromatic rings. The predicted molar refractivity (Wildman–Crippen MR) is 52.7 cm³/mol. The van der Waals surface area contributed by atoms with Gasteiger partial charge in [0.25, 0.3) is 0 Å². The molecule has 0 amide bonds. The van der Waals surface area contributed by atoms with Crippen molar-refractivity contribution in [1.29, 1.82) is 0 Å². The number of nitrogens with two attached hydrogens (primary N) is 1. The van der Waals surface area contributed by atoms with E-state index < -0.39 is 12.1 Å². The molecule has 0 fully saturated rings. The summed E-state index contributed by atoms with van der Waals surface area (Å²) in [6.45, 7) is 1.57. The van der Waals surface area contributed by atoms with Gasteiger partial charge in [-0.05, 0) is 40.5 Å². The van der Waals surface area contributed by atoms with E-state index in [1.807, 2.05) is 0 Å². The number of benzene rings is 1. The van der Waals surface area contributed by atoms with Crippen molar-refractivity contribution in [2.45, 2.75) is 19.1 Å². The summed E-state index contributed by atoms with van der Waals surface area (Å²) in [6.07, 6.45) is -0.680. The van der Waals surface area contributed by atoms with Crippen molar-refractivity contribution in [3.63, 3.8) is 0 Å². The molecule has 3 N–H and O–H groups in total. The highest BCUT2D eigenvalue weighted by Gasteiger charge is 2.13. The molecular weight excluding hydrogens is 237 g/mol. The summed E-state index contributed by atoms with van der Waals surface area (Å²) in [6, 6.07) is 4.04. The number of hydrogen-bond donors (Lipinski definition) is 2. The largest absolute Gasteiger partial charge is 0.391 e. The third-order valence-corrected chi connectivity index (χ3v) is 2.49. The van der Waals surface area contributed by atoms with E-state index in [4.69, 9.17) is 5.73 Å². The van der Waals surface area contributed by atoms with Crippen molar-refractivity contribution in [2.24, 2.45) is 5.73 Å². The molecule has 2 nitrogen and oxygen atoms in total. The van der Waals surface area contributed by atoms with Crippen LogP contribution in [-0.2, 0) is 0 Å². The van der Waals surface area contributed by atoms with Crippen LogP contribution in [0.3, 0.4) is 0 Å². The van der Waals surface area contributed by atoms with Crippen molar-refractivity contribution < 1.29 is 9.50 Å². The second-order valence-electron chi connectivity index (χ2n) is 2.94. The predicted octanol–water partition coefficient (Wildman–Crippen LogP) is 1.97. The highest BCUT2D eigenvalue weighted by atomic mass is 79.9. The van der Waals surface area contributed by atoms with Crippen molar-refractivity contribution >= 4 is 15.9 Å². The van der Waals surface area contributed by atoms with Gasteiger partial charge in [0.15, 0.2) is 0 Å². The molecule has 0 saturated carbocycles. The van der Waals surface area contributed by atoms with E-state index in [1.165, 1.54) is 6.07 Å². The zero-order valence-electron chi connectivity index (χ0n) is 7.17. The maximum atomic E-state index is 13.0. The van der Waals surface area contributed by atoms with Crippen LogP contribution >= 0.6 is 15.9 Å². The molecule has 1 aromatic carbocycles. The third-order valence-electron chi connectivity index (χ3n) is 1.85. The molecule has 2 unspecified atom stereocenters. The summed E-state index contributed by atoms with van der Waals surface area (Å²) in [5, 5.41) is 9.18. The highest BCUT2D eigenvalue weighted by molar-refractivity contribution is 9.10. The highest BCUT2D eigenvalue weighted by Crippen LogP contribution is 2.21. The van der Waals surface area contributed by atoms with Gasteiger partial charge in [-0.15, -0.1) is 0 Å². The minimum atomic E-state index is -0.680. The van der Waals surface area contributed by atoms with Crippen LogP contribution in [0.25, 0.3) is 0 Å². The lowest BCUT2D eigenvalue weighted by molar-refractivity contribution is 0.164. The van der Waals surface area contributed by atoms with Gasteiger partial charge in [-0.1, -0.05) is 6.07 Å². The molecule has 0 spiro atoms. The molecule has 1 rings (SSSR count). The first-order chi connectivity index (χ1) is 6.02. The van der Waals surface area contributed by atoms with Crippen LogP contribution in [0.4, 0.5) is 4.39 Å². The average molecular weight is 248 g/mol. The van der Waals surface area contributed by atoms with Crippen molar-refractivity contribution in [3.05, 3.63) is 34.1 Å². The van der Waals surface area contributed by atoms with Crippen molar-refractivity contribution in [3.8, 4) is 0 Å². The zero-order valence-corrected chi connectivity index (χ0v) is 8.75. The number of halogens is 2. The van der Waals surface area contributed by atoms with Crippen LogP contribution in [0, 0.1) is 5.82 Å². The molecule has 0 heterocycles. The third kappa shape index (κ3) is 2.49. The van der Waals surface area contributed by atoms with Gasteiger partial charge in [-0.2, -0.15) is 0 Å². The Balaban J connectivity index is 2.97. The topological polar surface area (TPSA) is 46.2 Å². The SMILES string of the molecule is CC(O)C(N)c1ccc(Br)c(F)c1. The van der Waals surface area contributed by atoms with Crippen LogP contribution in [0.2, 0.25) is 0 Å². The molecule has 13 heavy (non-hydrogen) atoms. The molecule has 0 aliphatic carbocycles. The molecule has 0 radical (unpaired) electrons. The fourth-order valence-electron chi connectivity index (χ4n) is 0.998. The monoisotopic (exact) mass is 247 g/mol. The van der Waals surface area contributed by atoms with E-state index in [0.717, 1.165) is 0 Å². The van der Waals surface area contributed by atoms with Crippen molar-refractivity contribution in [1.82, 2.24) is 0 Å². The standard InChI is InChI=1S/C9H11BrFNO/c1-5(13)9(12)6-2-3-7(10)8(11)4-6/h2-5,9,13H,12H2,1H3. The minimum Gasteiger partial charge on any atom is -0.391 e. The van der Waals surface area contributed by atoms with E-state index >= 15 is 0 Å². The van der Waals surface area contributed by atoms with Crippen molar-refractivity contribution in [2.75, 3.05) is 0 Å². The fraction of sp³-hybridized carbons (Fsp3) is 0.333. The van der Waals surface area contributed by atoms with Gasteiger partial charge in [-0.25, -0.2) is 4.39 Å². The van der Waals surface area contributed by atoms with Gasteiger partial charge in [0.1, 0.15) is 5.82 Å². The van der Waals surface area contributed by atoms with E-state index in [9.17, 15) is 9.50 Å². The average Bonchev–Trinajstić information content (AvgIpc) is 2.08. The summed E-state index contributed by atoms with van der Waals surface area (Å²) >= 11 is 3.04. The molecule has 4 heteroatoms. The van der Waals surface area contributed by atoms with E-state index in [0.29, 0.717) is 10.0 Å². The van der Waals surface area contributed by atoms with Crippen LogP contribution in [-0.4, -0.2) is 11.2 Å². The Hall–Kier alpha value is -0.450. The summed E-state index contributed by atoms with van der Waals surface area (Å²) < 4.78 is 13.4. The number of aliphatic hydroxyl groups excluding tert-OH is 1. The fourth-order valence-corrected chi connectivity index (χ4v) is 1.24. The lowest BCUT2D eigenvalue weighted by Crippen LogP contribution is -2.23. The first-order valence-corrected chi connectivity index (χ1v) is 4.70. The quantitative estimate of drug-likeness (QED) is 0.840. The molecule has 2 atom stereocenters. The van der Waals surface area contributed by atoms with E-state index in [2.05, 4.69) is 15.9 Å². The van der Waals surface area contributed by atoms with E-state index in [1.54, 1.807) is 19.1 Å². The van der Waals surface area contributed by atoms with Gasteiger partial charge >= 0.3 is 0 Å². The zero-order chi connectivity index (χ0) is 10.0. The molecule has 0 bridgehead atoms. The molecule has 0 aromatic heterocycles. The van der Waals surface area contributed by atoms with Gasteiger partial charge < -0.3 is 10.8 Å². The van der Waals surface area contributed by atoms with Crippen LogP contribution in [0.15, 0.2) is 22.7 Å². The molecule has 72 valence electrons. The summed E-state index contributed by atoms with van der Waals surface area (Å²) in [5.74, 6) is -0.367. The first kappa shape index (κ1) is 10.6. The Bertz CT molecular complexity index is 304. The second kappa shape index (κ2) is 4.17. The Morgan fingerprint density at radius 1 is 1.54 bits per heavy atom. The molecule has 0 aliphatic rings. The van der Waals surface area contributed by atoms with Crippen LogP contribution < -0.4 is 5.73 Å². The maximum absolute atomic E-state index is 13.0. The molecule has 0 aliphatic heterocycles. The number of rotatable bonds is 2. The summed E-state index contributed by atoms with van der Waals surface area (Å²) in [5.41, 5.74) is 6.22. The van der Waals surface area contributed by atoms with E-state index in [-0.39, 0.29) is 5.82 Å². The number of hydrogen-bond acceptors (Lipinski definition) is 2. The minimum absolute atomic E-state index is 0.367. The lowest BCUT2D eigenvalue weighted by atomic mass is 10.0. The Labute approximate surface area is 84.7 Å². The van der Waals surface area contributed by atoms with Crippen LogP contribution in [0.1, 0.15) is 18.5 Å². The van der Waals surface area contributed by atoms with Gasteiger partial charge in [0.05, 0.1) is 16.6 Å². The smallest absolute Gasteiger partial charge is 0.137 e. The number of aliphatic hydroxyl groups is 1. The first-order valence-electron chi connectivity index (χ1n) is 3.91. The Morgan fingerprint density at radius 2 is 2.15 bits per heavy atom. The Kier molecular flexibility index (Phi) is 3.41. The van der Waals surface area contributed by atoms with Gasteiger partial charge in [0.2, 0.25) is 0 Å². The summed E-state index contributed by atoms with van der Waals surface area (Å²) in [4.78, 5) is 0. The molecule has 0 saturated heterocycles.